The summed E-state index contributed by atoms with van der Waals surface area (Å²) in [6.07, 6.45) is 2.99. The van der Waals surface area contributed by atoms with Crippen LogP contribution in [0.5, 0.6) is 0 Å². The van der Waals surface area contributed by atoms with Crippen LogP contribution in [0.15, 0.2) is 0 Å². The van der Waals surface area contributed by atoms with Crippen LogP contribution in [0.2, 0.25) is 0 Å². The molecule has 0 aromatic heterocycles. The second-order valence-electron chi connectivity index (χ2n) is 8.19. The van der Waals surface area contributed by atoms with Crippen molar-refractivity contribution in [2.24, 2.45) is 11.8 Å². The number of fused-ring (bicyclic) bond motifs is 1. The van der Waals surface area contributed by atoms with E-state index in [-0.39, 0.29) is 0 Å². The molecule has 3 aliphatic rings. The van der Waals surface area contributed by atoms with E-state index < -0.39 is 0 Å². The molecule has 0 aliphatic carbocycles. The molecule has 0 unspecified atom stereocenters. The van der Waals surface area contributed by atoms with Gasteiger partial charge in [0.05, 0.1) is 0 Å². The van der Waals surface area contributed by atoms with Crippen molar-refractivity contribution in [3.8, 4) is 0 Å². The molecule has 0 saturated carbocycles. The molecule has 3 aliphatic heterocycles. The highest BCUT2D eigenvalue weighted by Crippen LogP contribution is 2.34. The van der Waals surface area contributed by atoms with Gasteiger partial charge in [-0.3, -0.25) is 9.69 Å². The molecule has 3 rings (SSSR count). The zero-order valence-corrected chi connectivity index (χ0v) is 14.0. The minimum atomic E-state index is 0.325. The molecule has 120 valence electrons. The molecule has 3 heterocycles. The van der Waals surface area contributed by atoms with Crippen LogP contribution in [0.1, 0.15) is 40.0 Å². The van der Waals surface area contributed by atoms with Crippen molar-refractivity contribution in [1.29, 1.82) is 0 Å². The quantitative estimate of drug-likeness (QED) is 0.789. The van der Waals surface area contributed by atoms with E-state index in [1.54, 1.807) is 0 Å². The summed E-state index contributed by atoms with van der Waals surface area (Å²) >= 11 is 0. The zero-order valence-electron chi connectivity index (χ0n) is 14.0. The predicted molar refractivity (Wildman–Crippen MR) is 85.2 cm³/mol. The van der Waals surface area contributed by atoms with Gasteiger partial charge in [0.2, 0.25) is 5.91 Å². The van der Waals surface area contributed by atoms with Crippen LogP contribution >= 0.6 is 0 Å². The van der Waals surface area contributed by atoms with E-state index in [2.05, 4.69) is 35.5 Å². The maximum absolute atomic E-state index is 11.6. The third-order valence-corrected chi connectivity index (χ3v) is 5.58. The Balaban J connectivity index is 1.38. The van der Waals surface area contributed by atoms with Crippen LogP contribution in [0.3, 0.4) is 0 Å². The van der Waals surface area contributed by atoms with Gasteiger partial charge in [-0.05, 0) is 52.0 Å². The molecule has 2 atom stereocenters. The summed E-state index contributed by atoms with van der Waals surface area (Å²) < 4.78 is 0. The molecular formula is C17H31N3O. The molecule has 4 heteroatoms. The van der Waals surface area contributed by atoms with Crippen molar-refractivity contribution in [2.75, 3.05) is 45.8 Å². The van der Waals surface area contributed by atoms with Gasteiger partial charge in [0.1, 0.15) is 0 Å². The molecular weight excluding hydrogens is 262 g/mol. The number of rotatable bonds is 4. The average molecular weight is 293 g/mol. The first kappa shape index (κ1) is 15.3. The third-order valence-electron chi connectivity index (χ3n) is 5.58. The molecule has 0 spiro atoms. The molecule has 3 saturated heterocycles. The minimum absolute atomic E-state index is 0.325. The average Bonchev–Trinajstić information content (AvgIpc) is 3.03. The van der Waals surface area contributed by atoms with Crippen molar-refractivity contribution < 1.29 is 4.79 Å². The summed E-state index contributed by atoms with van der Waals surface area (Å²) in [6.45, 7) is 15.2. The van der Waals surface area contributed by atoms with Gasteiger partial charge >= 0.3 is 0 Å². The maximum atomic E-state index is 11.6. The number of hydrogen-bond donors (Lipinski definition) is 0. The van der Waals surface area contributed by atoms with Crippen LogP contribution in [-0.2, 0) is 4.79 Å². The van der Waals surface area contributed by atoms with Crippen LogP contribution in [0.4, 0.5) is 0 Å². The lowest BCUT2D eigenvalue weighted by atomic mass is 10.0. The van der Waals surface area contributed by atoms with E-state index in [0.717, 1.165) is 44.2 Å². The van der Waals surface area contributed by atoms with Crippen molar-refractivity contribution in [2.45, 2.75) is 45.6 Å². The summed E-state index contributed by atoms with van der Waals surface area (Å²) in [5, 5.41) is 0. The van der Waals surface area contributed by atoms with E-state index >= 15 is 0 Å². The molecule has 3 fully saturated rings. The number of amides is 1. The highest BCUT2D eigenvalue weighted by atomic mass is 16.2. The van der Waals surface area contributed by atoms with Crippen molar-refractivity contribution in [3.63, 3.8) is 0 Å². The molecule has 0 radical (unpaired) electrons. The van der Waals surface area contributed by atoms with Gasteiger partial charge in [-0.2, -0.15) is 0 Å². The van der Waals surface area contributed by atoms with Gasteiger partial charge in [-0.1, -0.05) is 0 Å². The largest absolute Gasteiger partial charge is 0.343 e. The molecule has 4 nitrogen and oxygen atoms in total. The topological polar surface area (TPSA) is 26.8 Å². The fourth-order valence-electron chi connectivity index (χ4n) is 4.25. The summed E-state index contributed by atoms with van der Waals surface area (Å²) in [5.74, 6) is 2.12. The Kier molecular flexibility index (Phi) is 4.28. The molecule has 1 amide bonds. The molecule has 0 bridgehead atoms. The Labute approximate surface area is 129 Å². The van der Waals surface area contributed by atoms with Crippen LogP contribution in [0, 0.1) is 11.8 Å². The molecule has 0 N–H and O–H groups in total. The van der Waals surface area contributed by atoms with Gasteiger partial charge in [0.25, 0.3) is 0 Å². The monoisotopic (exact) mass is 293 g/mol. The smallest absolute Gasteiger partial charge is 0.222 e. The van der Waals surface area contributed by atoms with E-state index in [1.807, 2.05) is 0 Å². The fourth-order valence-corrected chi connectivity index (χ4v) is 4.25. The van der Waals surface area contributed by atoms with Crippen LogP contribution in [-0.4, -0.2) is 72.0 Å². The summed E-state index contributed by atoms with van der Waals surface area (Å²) in [5.41, 5.74) is 0.325. The number of carbonyl (C=O) groups excluding carboxylic acids is 1. The summed E-state index contributed by atoms with van der Waals surface area (Å²) in [6, 6.07) is 0. The lowest BCUT2D eigenvalue weighted by molar-refractivity contribution is -0.127. The van der Waals surface area contributed by atoms with E-state index in [9.17, 15) is 4.79 Å². The Morgan fingerprint density at radius 2 is 1.71 bits per heavy atom. The maximum Gasteiger partial charge on any atom is 0.222 e. The summed E-state index contributed by atoms with van der Waals surface area (Å²) in [4.78, 5) is 18.9. The standard InChI is InChI=1S/C17H31N3O/c1-17(2,3)20-12-14-10-18(11-15(14)13-20)7-5-9-19-8-4-6-16(19)21/h14-15H,4-13H2,1-3H3/t14-,15+. The minimum Gasteiger partial charge on any atom is -0.343 e. The number of hydrogen-bond acceptors (Lipinski definition) is 3. The molecule has 21 heavy (non-hydrogen) atoms. The Hall–Kier alpha value is -0.610. The highest BCUT2D eigenvalue weighted by Gasteiger charge is 2.42. The van der Waals surface area contributed by atoms with Gasteiger partial charge in [0.15, 0.2) is 0 Å². The fraction of sp³-hybridized carbons (Fsp3) is 0.941. The molecule has 0 aromatic carbocycles. The van der Waals surface area contributed by atoms with E-state index in [0.29, 0.717) is 11.4 Å². The van der Waals surface area contributed by atoms with E-state index in [4.69, 9.17) is 0 Å². The van der Waals surface area contributed by atoms with Gasteiger partial charge in [0, 0.05) is 51.2 Å². The van der Waals surface area contributed by atoms with Crippen LogP contribution < -0.4 is 0 Å². The van der Waals surface area contributed by atoms with Crippen LogP contribution in [0.25, 0.3) is 0 Å². The normalized spacial score (nSPS) is 31.4. The molecule has 0 aromatic rings. The van der Waals surface area contributed by atoms with Gasteiger partial charge < -0.3 is 9.80 Å². The van der Waals surface area contributed by atoms with Gasteiger partial charge in [-0.25, -0.2) is 0 Å². The van der Waals surface area contributed by atoms with Crippen molar-refractivity contribution >= 4 is 5.91 Å². The lowest BCUT2D eigenvalue weighted by Gasteiger charge is -2.33. The number of nitrogens with zero attached hydrogens (tertiary/aromatic N) is 3. The van der Waals surface area contributed by atoms with Crippen molar-refractivity contribution in [3.05, 3.63) is 0 Å². The first-order valence-electron chi connectivity index (χ1n) is 8.68. The Morgan fingerprint density at radius 3 is 2.24 bits per heavy atom. The predicted octanol–water partition coefficient (Wildman–Crippen LogP) is 1.66. The number of likely N-dealkylation sites (tertiary alicyclic amines) is 3. The zero-order chi connectivity index (χ0) is 15.0. The SMILES string of the molecule is CC(C)(C)N1C[C@H]2CN(CCCN3CCCC3=O)C[C@H]2C1. The summed E-state index contributed by atoms with van der Waals surface area (Å²) in [7, 11) is 0. The highest BCUT2D eigenvalue weighted by molar-refractivity contribution is 5.77. The second-order valence-corrected chi connectivity index (χ2v) is 8.19. The second kappa shape index (κ2) is 5.88. The Morgan fingerprint density at radius 1 is 1.05 bits per heavy atom. The van der Waals surface area contributed by atoms with E-state index in [1.165, 1.54) is 32.7 Å². The first-order valence-corrected chi connectivity index (χ1v) is 8.68. The third kappa shape index (κ3) is 3.42. The first-order chi connectivity index (χ1) is 9.93. The van der Waals surface area contributed by atoms with Gasteiger partial charge in [-0.15, -0.1) is 0 Å². The number of carbonyl (C=O) groups is 1. The van der Waals surface area contributed by atoms with Crippen molar-refractivity contribution in [1.82, 2.24) is 14.7 Å². The lowest BCUT2D eigenvalue weighted by Crippen LogP contribution is -2.41. The Bertz CT molecular complexity index is 376.